The number of nitrogens with zero attached hydrogens (tertiary/aromatic N) is 1. The van der Waals surface area contributed by atoms with Crippen molar-refractivity contribution in [1.29, 1.82) is 0 Å². The average Bonchev–Trinajstić information content (AvgIpc) is 3.17. The number of amides is 2. The van der Waals surface area contributed by atoms with Gasteiger partial charge in [-0.2, -0.15) is 0 Å². The molecular formula is C19H19N3O5. The molecule has 0 radical (unpaired) electrons. The summed E-state index contributed by atoms with van der Waals surface area (Å²) in [6, 6.07) is 10.9. The van der Waals surface area contributed by atoms with Gasteiger partial charge in [-0.1, -0.05) is 0 Å². The Morgan fingerprint density at radius 3 is 2.33 bits per heavy atom. The predicted octanol–water partition coefficient (Wildman–Crippen LogP) is 3.27. The van der Waals surface area contributed by atoms with E-state index in [4.69, 9.17) is 4.74 Å². The van der Waals surface area contributed by atoms with Crippen LogP contribution in [0.15, 0.2) is 42.5 Å². The van der Waals surface area contributed by atoms with Crippen LogP contribution in [0.25, 0.3) is 0 Å². The first kappa shape index (κ1) is 18.5. The van der Waals surface area contributed by atoms with Crippen LogP contribution in [0.1, 0.15) is 28.8 Å². The quantitative estimate of drug-likeness (QED) is 0.621. The van der Waals surface area contributed by atoms with Crippen LogP contribution in [0.4, 0.5) is 17.1 Å². The highest BCUT2D eigenvalue weighted by atomic mass is 16.6. The van der Waals surface area contributed by atoms with Gasteiger partial charge in [0.15, 0.2) is 0 Å². The Kier molecular flexibility index (Phi) is 5.46. The molecule has 140 valence electrons. The minimum Gasteiger partial charge on any atom is -0.368 e. The SMILES string of the molecule is Cc1cc(C(=O)Nc2ccc(NC(=O)C3CCCO3)cc2)ccc1[N+](=O)[O-]. The van der Waals surface area contributed by atoms with E-state index in [1.165, 1.54) is 18.2 Å². The van der Waals surface area contributed by atoms with Crippen molar-refractivity contribution in [3.05, 3.63) is 63.7 Å². The molecule has 2 aromatic rings. The van der Waals surface area contributed by atoms with E-state index in [0.717, 1.165) is 6.42 Å². The maximum Gasteiger partial charge on any atom is 0.272 e. The first-order valence-corrected chi connectivity index (χ1v) is 8.53. The molecule has 1 atom stereocenters. The zero-order chi connectivity index (χ0) is 19.4. The zero-order valence-electron chi connectivity index (χ0n) is 14.7. The molecule has 2 amide bonds. The maximum atomic E-state index is 12.3. The van der Waals surface area contributed by atoms with Gasteiger partial charge in [-0.3, -0.25) is 19.7 Å². The summed E-state index contributed by atoms with van der Waals surface area (Å²) in [7, 11) is 0. The lowest BCUT2D eigenvalue weighted by Crippen LogP contribution is -2.26. The standard InChI is InChI=1S/C19H19N3O5/c1-12-11-13(4-9-16(12)22(25)26)18(23)20-14-5-7-15(8-6-14)21-19(24)17-3-2-10-27-17/h4-9,11,17H,2-3,10H2,1H3,(H,20,23)(H,21,24). The van der Waals surface area contributed by atoms with Crippen LogP contribution in [-0.4, -0.2) is 29.4 Å². The molecule has 3 rings (SSSR count). The topological polar surface area (TPSA) is 111 Å². The van der Waals surface area contributed by atoms with Crippen LogP contribution in [0.2, 0.25) is 0 Å². The molecule has 27 heavy (non-hydrogen) atoms. The fourth-order valence-electron chi connectivity index (χ4n) is 2.85. The first-order chi connectivity index (χ1) is 12.9. The molecule has 0 aliphatic carbocycles. The number of nitrogens with one attached hydrogen (secondary N) is 2. The number of nitro groups is 1. The molecule has 1 aliphatic heterocycles. The third-order valence-electron chi connectivity index (χ3n) is 4.29. The Bertz CT molecular complexity index is 873. The normalized spacial score (nSPS) is 16.0. The van der Waals surface area contributed by atoms with E-state index in [1.54, 1.807) is 31.2 Å². The molecule has 1 saturated heterocycles. The highest BCUT2D eigenvalue weighted by Crippen LogP contribution is 2.21. The van der Waals surface area contributed by atoms with Crippen molar-refractivity contribution in [2.24, 2.45) is 0 Å². The number of aryl methyl sites for hydroxylation is 1. The zero-order valence-corrected chi connectivity index (χ0v) is 14.7. The number of rotatable bonds is 5. The summed E-state index contributed by atoms with van der Waals surface area (Å²) in [5.74, 6) is -0.547. The molecule has 0 bridgehead atoms. The monoisotopic (exact) mass is 369 g/mol. The summed E-state index contributed by atoms with van der Waals surface area (Å²) in [6.07, 6.45) is 1.19. The van der Waals surface area contributed by atoms with E-state index >= 15 is 0 Å². The van der Waals surface area contributed by atoms with Crippen LogP contribution in [0.3, 0.4) is 0 Å². The fraction of sp³-hybridized carbons (Fsp3) is 0.263. The van der Waals surface area contributed by atoms with E-state index in [9.17, 15) is 19.7 Å². The van der Waals surface area contributed by atoms with Gasteiger partial charge in [-0.05, 0) is 56.2 Å². The molecule has 0 aromatic heterocycles. The number of benzene rings is 2. The van der Waals surface area contributed by atoms with Gasteiger partial charge in [0.05, 0.1) is 4.92 Å². The van der Waals surface area contributed by atoms with Crippen LogP contribution < -0.4 is 10.6 Å². The van der Waals surface area contributed by atoms with Crippen molar-refractivity contribution in [2.75, 3.05) is 17.2 Å². The number of ether oxygens (including phenoxy) is 1. The summed E-state index contributed by atoms with van der Waals surface area (Å²) >= 11 is 0. The van der Waals surface area contributed by atoms with Gasteiger partial charge in [-0.15, -0.1) is 0 Å². The molecule has 8 nitrogen and oxygen atoms in total. The van der Waals surface area contributed by atoms with Crippen LogP contribution in [0.5, 0.6) is 0 Å². The van der Waals surface area contributed by atoms with Gasteiger partial charge < -0.3 is 15.4 Å². The Hall–Kier alpha value is -3.26. The second kappa shape index (κ2) is 7.96. The van der Waals surface area contributed by atoms with E-state index in [-0.39, 0.29) is 17.5 Å². The number of anilines is 2. The molecule has 1 unspecified atom stereocenters. The molecular weight excluding hydrogens is 350 g/mol. The molecule has 1 aliphatic rings. The summed E-state index contributed by atoms with van der Waals surface area (Å²) < 4.78 is 5.33. The smallest absolute Gasteiger partial charge is 0.272 e. The number of hydrogen-bond donors (Lipinski definition) is 2. The van der Waals surface area contributed by atoms with Crippen molar-refractivity contribution in [2.45, 2.75) is 25.9 Å². The summed E-state index contributed by atoms with van der Waals surface area (Å²) in [4.78, 5) is 34.7. The van der Waals surface area contributed by atoms with Crippen molar-refractivity contribution in [1.82, 2.24) is 0 Å². The first-order valence-electron chi connectivity index (χ1n) is 8.53. The molecule has 1 heterocycles. The third-order valence-corrected chi connectivity index (χ3v) is 4.29. The minimum absolute atomic E-state index is 0.0297. The minimum atomic E-state index is -0.485. The summed E-state index contributed by atoms with van der Waals surface area (Å²) in [6.45, 7) is 2.19. The van der Waals surface area contributed by atoms with Crippen molar-refractivity contribution >= 4 is 28.9 Å². The Balaban J connectivity index is 1.62. The number of carbonyl (C=O) groups excluding carboxylic acids is 2. The predicted molar refractivity (Wildman–Crippen MR) is 99.8 cm³/mol. The largest absolute Gasteiger partial charge is 0.368 e. The van der Waals surface area contributed by atoms with Gasteiger partial charge >= 0.3 is 0 Å². The van der Waals surface area contributed by atoms with Gasteiger partial charge in [0.1, 0.15) is 6.10 Å². The lowest BCUT2D eigenvalue weighted by molar-refractivity contribution is -0.385. The Morgan fingerprint density at radius 2 is 1.78 bits per heavy atom. The van der Waals surface area contributed by atoms with E-state index < -0.39 is 11.0 Å². The van der Waals surface area contributed by atoms with Crippen molar-refractivity contribution in [3.63, 3.8) is 0 Å². The second-order valence-electron chi connectivity index (χ2n) is 6.28. The number of nitro benzene ring substituents is 1. The van der Waals surface area contributed by atoms with E-state index in [1.807, 2.05) is 0 Å². The van der Waals surface area contributed by atoms with Crippen molar-refractivity contribution < 1.29 is 19.2 Å². The third kappa shape index (κ3) is 4.48. The highest BCUT2D eigenvalue weighted by molar-refractivity contribution is 6.04. The summed E-state index contributed by atoms with van der Waals surface area (Å²) in [5.41, 5.74) is 1.87. The average molecular weight is 369 g/mol. The lowest BCUT2D eigenvalue weighted by Gasteiger charge is -2.11. The fourth-order valence-corrected chi connectivity index (χ4v) is 2.85. The molecule has 0 spiro atoms. The van der Waals surface area contributed by atoms with Crippen LogP contribution >= 0.6 is 0 Å². The lowest BCUT2D eigenvalue weighted by atomic mass is 10.1. The van der Waals surface area contributed by atoms with Gasteiger partial charge in [0.25, 0.3) is 17.5 Å². The molecule has 2 N–H and O–H groups in total. The number of hydrogen-bond acceptors (Lipinski definition) is 5. The molecule has 0 saturated carbocycles. The summed E-state index contributed by atoms with van der Waals surface area (Å²) in [5, 5.41) is 16.4. The van der Waals surface area contributed by atoms with Gasteiger partial charge in [0.2, 0.25) is 0 Å². The highest BCUT2D eigenvalue weighted by Gasteiger charge is 2.23. The number of carbonyl (C=O) groups is 2. The van der Waals surface area contributed by atoms with Crippen LogP contribution in [0, 0.1) is 17.0 Å². The van der Waals surface area contributed by atoms with E-state index in [0.29, 0.717) is 35.5 Å². The molecule has 8 heteroatoms. The Morgan fingerprint density at radius 1 is 1.11 bits per heavy atom. The Labute approximate surface area is 155 Å². The van der Waals surface area contributed by atoms with Gasteiger partial charge in [0, 0.05) is 35.2 Å². The second-order valence-corrected chi connectivity index (χ2v) is 6.28. The maximum absolute atomic E-state index is 12.3. The molecule has 2 aromatic carbocycles. The van der Waals surface area contributed by atoms with E-state index in [2.05, 4.69) is 10.6 Å². The van der Waals surface area contributed by atoms with Crippen LogP contribution in [-0.2, 0) is 9.53 Å². The van der Waals surface area contributed by atoms with Crippen molar-refractivity contribution in [3.8, 4) is 0 Å². The van der Waals surface area contributed by atoms with Gasteiger partial charge in [-0.25, -0.2) is 0 Å². The molecule has 1 fully saturated rings.